The monoisotopic (exact) mass is 337 g/mol. The highest BCUT2D eigenvalue weighted by molar-refractivity contribution is 5.44. The smallest absolute Gasteiger partial charge is 0.123 e. The van der Waals surface area contributed by atoms with Crippen molar-refractivity contribution in [3.8, 4) is 11.5 Å². The van der Waals surface area contributed by atoms with Crippen LogP contribution in [0.5, 0.6) is 11.5 Å². The second kappa shape index (κ2) is 6.72. The number of para-hydroxylation sites is 1. The summed E-state index contributed by atoms with van der Waals surface area (Å²) in [6.07, 6.45) is 2.35. The number of aryl methyl sites for hydroxylation is 1. The van der Waals surface area contributed by atoms with Crippen molar-refractivity contribution in [3.63, 3.8) is 0 Å². The average Bonchev–Trinajstić information content (AvgIpc) is 2.99. The van der Waals surface area contributed by atoms with Gasteiger partial charge in [-0.2, -0.15) is 0 Å². The molecule has 2 aromatic rings. The van der Waals surface area contributed by atoms with E-state index in [1.54, 1.807) is 0 Å². The topological polar surface area (TPSA) is 21.7 Å². The van der Waals surface area contributed by atoms with Gasteiger partial charge in [0.2, 0.25) is 0 Å². The summed E-state index contributed by atoms with van der Waals surface area (Å²) in [5.41, 5.74) is 4.20. The fourth-order valence-corrected chi connectivity index (χ4v) is 4.19. The maximum absolute atomic E-state index is 5.97. The number of rotatable bonds is 4. The fourth-order valence-electron chi connectivity index (χ4n) is 4.19. The molecule has 1 saturated heterocycles. The molecule has 0 saturated carbocycles. The zero-order chi connectivity index (χ0) is 17.3. The number of benzene rings is 2. The number of ether oxygens (including phenoxy) is 2. The molecule has 4 rings (SSSR count). The van der Waals surface area contributed by atoms with E-state index >= 15 is 0 Å². The van der Waals surface area contributed by atoms with Crippen LogP contribution in [-0.2, 0) is 12.0 Å². The van der Waals surface area contributed by atoms with E-state index in [0.717, 1.165) is 44.3 Å². The molecule has 2 aliphatic rings. The number of hydrogen-bond donors (Lipinski definition) is 0. The molecule has 3 nitrogen and oxygen atoms in total. The van der Waals surface area contributed by atoms with Gasteiger partial charge in [0.05, 0.1) is 13.2 Å². The van der Waals surface area contributed by atoms with E-state index < -0.39 is 0 Å². The van der Waals surface area contributed by atoms with Crippen molar-refractivity contribution >= 4 is 0 Å². The molecule has 2 heterocycles. The Hall–Kier alpha value is -2.00. The zero-order valence-corrected chi connectivity index (χ0v) is 15.3. The highest BCUT2D eigenvalue weighted by atomic mass is 16.5. The average molecular weight is 337 g/mol. The molecule has 0 atom stereocenters. The summed E-state index contributed by atoms with van der Waals surface area (Å²) in [5, 5.41) is 0. The van der Waals surface area contributed by atoms with Crippen molar-refractivity contribution in [1.82, 2.24) is 4.90 Å². The molecular weight excluding hydrogens is 310 g/mol. The number of hydrogen-bond acceptors (Lipinski definition) is 3. The van der Waals surface area contributed by atoms with Crippen molar-refractivity contribution in [1.29, 1.82) is 0 Å². The molecule has 0 radical (unpaired) electrons. The van der Waals surface area contributed by atoms with Crippen LogP contribution in [0.4, 0.5) is 0 Å². The predicted octanol–water partition coefficient (Wildman–Crippen LogP) is 4.32. The minimum absolute atomic E-state index is 0.233. The van der Waals surface area contributed by atoms with Gasteiger partial charge in [0.1, 0.15) is 11.5 Å². The van der Waals surface area contributed by atoms with Crippen LogP contribution in [0.3, 0.4) is 0 Å². The molecule has 2 aliphatic heterocycles. The predicted molar refractivity (Wildman–Crippen MR) is 100 cm³/mol. The van der Waals surface area contributed by atoms with Crippen molar-refractivity contribution in [2.75, 3.05) is 26.3 Å². The molecule has 25 heavy (non-hydrogen) atoms. The summed E-state index contributed by atoms with van der Waals surface area (Å²) in [6, 6.07) is 15.2. The summed E-state index contributed by atoms with van der Waals surface area (Å²) in [5.74, 6) is 2.11. The number of fused-ring (bicyclic) bond motifs is 2. The number of nitrogens with zero attached hydrogens (tertiary/aromatic N) is 1. The third kappa shape index (κ3) is 3.13. The largest absolute Gasteiger partial charge is 0.494 e. The summed E-state index contributed by atoms with van der Waals surface area (Å²) >= 11 is 0. The van der Waals surface area contributed by atoms with Crippen molar-refractivity contribution in [2.24, 2.45) is 0 Å². The SMILES string of the molecule is CCOc1cc(CN2CCC3(CC2)COc2ccccc23)ccc1C. The van der Waals surface area contributed by atoms with Crippen LogP contribution in [0.1, 0.15) is 36.5 Å². The summed E-state index contributed by atoms with van der Waals surface area (Å²) in [6.45, 7) is 8.95. The van der Waals surface area contributed by atoms with Crippen LogP contribution in [0, 0.1) is 6.92 Å². The molecule has 1 spiro atoms. The minimum atomic E-state index is 0.233. The Morgan fingerprint density at radius 1 is 1.12 bits per heavy atom. The highest BCUT2D eigenvalue weighted by Crippen LogP contribution is 2.45. The minimum Gasteiger partial charge on any atom is -0.494 e. The normalized spacial score (nSPS) is 18.8. The summed E-state index contributed by atoms with van der Waals surface area (Å²) in [4.78, 5) is 2.56. The quantitative estimate of drug-likeness (QED) is 0.829. The fraction of sp³-hybridized carbons (Fsp3) is 0.455. The van der Waals surface area contributed by atoms with Crippen LogP contribution in [0.25, 0.3) is 0 Å². The van der Waals surface area contributed by atoms with E-state index in [0.29, 0.717) is 0 Å². The molecule has 0 unspecified atom stereocenters. The maximum atomic E-state index is 5.97. The third-order valence-electron chi connectivity index (χ3n) is 5.73. The maximum Gasteiger partial charge on any atom is 0.123 e. The van der Waals surface area contributed by atoms with E-state index in [1.807, 2.05) is 6.92 Å². The first-order chi connectivity index (χ1) is 12.2. The lowest BCUT2D eigenvalue weighted by molar-refractivity contribution is 0.130. The Labute approximate surface area is 150 Å². The number of likely N-dealkylation sites (tertiary alicyclic amines) is 1. The lowest BCUT2D eigenvalue weighted by Gasteiger charge is -2.38. The third-order valence-corrected chi connectivity index (χ3v) is 5.73. The van der Waals surface area contributed by atoms with E-state index in [9.17, 15) is 0 Å². The van der Waals surface area contributed by atoms with Crippen LogP contribution >= 0.6 is 0 Å². The van der Waals surface area contributed by atoms with Crippen LogP contribution < -0.4 is 9.47 Å². The van der Waals surface area contributed by atoms with Gasteiger partial charge in [0, 0.05) is 17.5 Å². The molecule has 2 aromatic carbocycles. The van der Waals surface area contributed by atoms with Gasteiger partial charge in [0.25, 0.3) is 0 Å². The number of piperidine rings is 1. The standard InChI is InChI=1S/C22H27NO2/c1-3-24-21-14-18(9-8-17(21)2)15-23-12-10-22(11-13-23)16-25-20-7-5-4-6-19(20)22/h4-9,14H,3,10-13,15-16H2,1-2H3. The molecule has 0 aliphatic carbocycles. The Bertz CT molecular complexity index is 747. The highest BCUT2D eigenvalue weighted by Gasteiger charge is 2.42. The van der Waals surface area contributed by atoms with Crippen LogP contribution in [0.2, 0.25) is 0 Å². The first-order valence-electron chi connectivity index (χ1n) is 9.37. The summed E-state index contributed by atoms with van der Waals surface area (Å²) < 4.78 is 11.7. The van der Waals surface area contributed by atoms with Gasteiger partial charge in [-0.1, -0.05) is 30.3 Å². The van der Waals surface area contributed by atoms with Crippen molar-refractivity contribution in [3.05, 3.63) is 59.2 Å². The molecular formula is C22H27NO2. The van der Waals surface area contributed by atoms with Gasteiger partial charge in [-0.3, -0.25) is 4.90 Å². The van der Waals surface area contributed by atoms with Gasteiger partial charge >= 0.3 is 0 Å². The zero-order valence-electron chi connectivity index (χ0n) is 15.3. The first kappa shape index (κ1) is 16.5. The van der Waals surface area contributed by atoms with Gasteiger partial charge in [-0.25, -0.2) is 0 Å². The van der Waals surface area contributed by atoms with Gasteiger partial charge in [-0.15, -0.1) is 0 Å². The molecule has 0 bridgehead atoms. The summed E-state index contributed by atoms with van der Waals surface area (Å²) in [7, 11) is 0. The molecule has 0 aromatic heterocycles. The van der Waals surface area contributed by atoms with Crippen molar-refractivity contribution < 1.29 is 9.47 Å². The van der Waals surface area contributed by atoms with Crippen molar-refractivity contribution in [2.45, 2.75) is 38.6 Å². The Balaban J connectivity index is 1.42. The molecule has 1 fully saturated rings. The Morgan fingerprint density at radius 3 is 2.72 bits per heavy atom. The van der Waals surface area contributed by atoms with E-state index in [4.69, 9.17) is 9.47 Å². The second-order valence-electron chi connectivity index (χ2n) is 7.37. The first-order valence-corrected chi connectivity index (χ1v) is 9.37. The lowest BCUT2D eigenvalue weighted by atomic mass is 9.74. The van der Waals surface area contributed by atoms with E-state index in [2.05, 4.69) is 54.3 Å². The van der Waals surface area contributed by atoms with Crippen LogP contribution in [-0.4, -0.2) is 31.2 Å². The lowest BCUT2D eigenvalue weighted by Crippen LogP contribution is -2.43. The molecule has 0 amide bonds. The molecule has 0 N–H and O–H groups in total. The van der Waals surface area contributed by atoms with E-state index in [-0.39, 0.29) is 5.41 Å². The second-order valence-corrected chi connectivity index (χ2v) is 7.37. The van der Waals surface area contributed by atoms with Gasteiger partial charge < -0.3 is 9.47 Å². The van der Waals surface area contributed by atoms with Gasteiger partial charge in [0.15, 0.2) is 0 Å². The Morgan fingerprint density at radius 2 is 1.92 bits per heavy atom. The van der Waals surface area contributed by atoms with E-state index in [1.165, 1.54) is 29.5 Å². The molecule has 3 heteroatoms. The Kier molecular flexibility index (Phi) is 4.43. The molecule has 132 valence electrons. The van der Waals surface area contributed by atoms with Gasteiger partial charge in [-0.05, 0) is 63.0 Å². The van der Waals surface area contributed by atoms with Crippen LogP contribution in [0.15, 0.2) is 42.5 Å².